The van der Waals surface area contributed by atoms with Crippen LogP contribution in [-0.2, 0) is 21.6 Å². The standard InChI is InChI=1S/C34H42O5/c1-7-33(37,8-2)18-17-26-11-16-29(19-24(26)5)34(9-3,10-4)28-14-12-27(13-15-28)30-20-25(22-39-23-35)21-31(38-6)32(30)36/h11-21,23,36-37H,7-10,22H2,1-6H3. The molecule has 2 N–H and O–H groups in total. The summed E-state index contributed by atoms with van der Waals surface area (Å²) in [5.41, 5.74) is 6.00. The van der Waals surface area contributed by atoms with Gasteiger partial charge < -0.3 is 19.7 Å². The SMILES string of the molecule is CCC(O)(C=Cc1ccc(C(CC)(CC)c2ccc(-c3cc(COC=O)cc(OC)c3O)cc2)cc1C)CC. The van der Waals surface area contributed by atoms with Gasteiger partial charge in [-0.3, -0.25) is 4.79 Å². The number of ether oxygens (including phenoxy) is 2. The van der Waals surface area contributed by atoms with Gasteiger partial charge in [-0.2, -0.15) is 0 Å². The molecule has 0 aliphatic rings. The number of carbonyl (C=O) groups excluding carboxylic acids is 1. The summed E-state index contributed by atoms with van der Waals surface area (Å²) >= 11 is 0. The zero-order valence-corrected chi connectivity index (χ0v) is 24.1. The van der Waals surface area contributed by atoms with Crippen LogP contribution < -0.4 is 4.74 Å². The number of aryl methyl sites for hydroxylation is 1. The second-order valence-electron chi connectivity index (χ2n) is 10.2. The Hall–Kier alpha value is -3.57. The van der Waals surface area contributed by atoms with Gasteiger partial charge in [0.15, 0.2) is 11.5 Å². The molecule has 0 saturated carbocycles. The number of methoxy groups -OCH3 is 1. The molecule has 0 fully saturated rings. The summed E-state index contributed by atoms with van der Waals surface area (Å²) in [7, 11) is 1.50. The maximum atomic E-state index is 10.8. The van der Waals surface area contributed by atoms with Crippen molar-refractivity contribution in [1.82, 2.24) is 0 Å². The van der Waals surface area contributed by atoms with Gasteiger partial charge in [-0.1, -0.05) is 82.3 Å². The summed E-state index contributed by atoms with van der Waals surface area (Å²) < 4.78 is 10.3. The molecule has 0 aliphatic heterocycles. The van der Waals surface area contributed by atoms with Gasteiger partial charge in [0, 0.05) is 11.0 Å². The number of hydrogen-bond acceptors (Lipinski definition) is 5. The first-order chi connectivity index (χ1) is 18.7. The van der Waals surface area contributed by atoms with Crippen molar-refractivity contribution in [2.45, 2.75) is 77.9 Å². The summed E-state index contributed by atoms with van der Waals surface area (Å²) in [6, 6.07) is 18.4. The molecule has 5 heteroatoms. The normalized spacial score (nSPS) is 12.1. The average Bonchev–Trinajstić information content (AvgIpc) is 2.97. The number of phenolic OH excluding ortho intramolecular Hbond substituents is 1. The van der Waals surface area contributed by atoms with E-state index >= 15 is 0 Å². The number of aliphatic hydroxyl groups is 1. The molecule has 39 heavy (non-hydrogen) atoms. The smallest absolute Gasteiger partial charge is 0.293 e. The van der Waals surface area contributed by atoms with E-state index < -0.39 is 5.60 Å². The van der Waals surface area contributed by atoms with E-state index in [1.54, 1.807) is 6.07 Å². The van der Waals surface area contributed by atoms with Crippen molar-refractivity contribution in [3.05, 3.63) is 88.5 Å². The number of benzene rings is 3. The zero-order chi connectivity index (χ0) is 28.6. The van der Waals surface area contributed by atoms with Gasteiger partial charge >= 0.3 is 0 Å². The molecule has 0 spiro atoms. The first-order valence-corrected chi connectivity index (χ1v) is 13.8. The molecule has 0 atom stereocenters. The van der Waals surface area contributed by atoms with E-state index in [-0.39, 0.29) is 17.8 Å². The van der Waals surface area contributed by atoms with Gasteiger partial charge in [-0.05, 0) is 78.1 Å². The third kappa shape index (κ3) is 6.36. The monoisotopic (exact) mass is 530 g/mol. The van der Waals surface area contributed by atoms with Gasteiger partial charge in [0.2, 0.25) is 0 Å². The molecule has 0 radical (unpaired) electrons. The molecule has 3 aromatic rings. The van der Waals surface area contributed by atoms with E-state index in [0.29, 0.717) is 30.6 Å². The highest BCUT2D eigenvalue weighted by molar-refractivity contribution is 5.75. The summed E-state index contributed by atoms with van der Waals surface area (Å²) in [6.07, 6.45) is 7.19. The summed E-state index contributed by atoms with van der Waals surface area (Å²) in [5, 5.41) is 21.5. The van der Waals surface area contributed by atoms with Gasteiger partial charge in [0.1, 0.15) is 6.61 Å². The number of hydrogen-bond donors (Lipinski definition) is 2. The Bertz CT molecular complexity index is 1280. The number of carbonyl (C=O) groups is 1. The number of phenols is 1. The van der Waals surface area contributed by atoms with Gasteiger partial charge in [-0.15, -0.1) is 0 Å². The fourth-order valence-electron chi connectivity index (χ4n) is 5.35. The maximum absolute atomic E-state index is 10.8. The second kappa shape index (κ2) is 13.0. The van der Waals surface area contributed by atoms with Crippen molar-refractivity contribution in [2.24, 2.45) is 0 Å². The Kier molecular flexibility index (Phi) is 9.98. The molecular formula is C34H42O5. The lowest BCUT2D eigenvalue weighted by Gasteiger charge is -2.34. The van der Waals surface area contributed by atoms with Gasteiger partial charge in [-0.25, -0.2) is 0 Å². The molecule has 0 bridgehead atoms. The predicted octanol–water partition coefficient (Wildman–Crippen LogP) is 7.72. The lowest BCUT2D eigenvalue weighted by Crippen LogP contribution is -2.26. The minimum atomic E-state index is -0.775. The molecule has 5 nitrogen and oxygen atoms in total. The van der Waals surface area contributed by atoms with Crippen molar-refractivity contribution in [1.29, 1.82) is 0 Å². The average molecular weight is 531 g/mol. The van der Waals surface area contributed by atoms with Crippen LogP contribution in [0.2, 0.25) is 0 Å². The molecule has 0 saturated heterocycles. The Morgan fingerprint density at radius 2 is 1.51 bits per heavy atom. The van der Waals surface area contributed by atoms with E-state index in [9.17, 15) is 15.0 Å². The van der Waals surface area contributed by atoms with E-state index in [2.05, 4.69) is 51.1 Å². The minimum Gasteiger partial charge on any atom is -0.504 e. The molecular weight excluding hydrogens is 488 g/mol. The lowest BCUT2D eigenvalue weighted by molar-refractivity contribution is -0.129. The van der Waals surface area contributed by atoms with Crippen LogP contribution in [0.5, 0.6) is 11.5 Å². The van der Waals surface area contributed by atoms with Crippen LogP contribution in [0.25, 0.3) is 17.2 Å². The van der Waals surface area contributed by atoms with Crippen LogP contribution >= 0.6 is 0 Å². The van der Waals surface area contributed by atoms with E-state index in [0.717, 1.165) is 29.5 Å². The van der Waals surface area contributed by atoms with E-state index in [1.807, 2.05) is 44.2 Å². The van der Waals surface area contributed by atoms with Gasteiger partial charge in [0.25, 0.3) is 6.47 Å². The maximum Gasteiger partial charge on any atom is 0.293 e. The van der Waals surface area contributed by atoms with Crippen LogP contribution in [-0.4, -0.2) is 29.4 Å². The summed E-state index contributed by atoms with van der Waals surface area (Å²) in [6.45, 7) is 11.1. The fourth-order valence-corrected chi connectivity index (χ4v) is 5.35. The predicted molar refractivity (Wildman–Crippen MR) is 158 cm³/mol. The van der Waals surface area contributed by atoms with E-state index in [4.69, 9.17) is 9.47 Å². The Morgan fingerprint density at radius 3 is 2.05 bits per heavy atom. The molecule has 208 valence electrons. The third-order valence-corrected chi connectivity index (χ3v) is 8.25. The van der Waals surface area contributed by atoms with Crippen molar-refractivity contribution >= 4 is 12.5 Å². The van der Waals surface area contributed by atoms with E-state index in [1.165, 1.54) is 23.8 Å². The first kappa shape index (κ1) is 30.0. The molecule has 0 aliphatic carbocycles. The number of aromatic hydroxyl groups is 1. The first-order valence-electron chi connectivity index (χ1n) is 13.8. The van der Waals surface area contributed by atoms with Gasteiger partial charge in [0.05, 0.1) is 12.7 Å². The van der Waals surface area contributed by atoms with Crippen LogP contribution in [0.4, 0.5) is 0 Å². The summed E-state index contributed by atoms with van der Waals surface area (Å²) in [5.74, 6) is 0.383. The Morgan fingerprint density at radius 1 is 0.872 bits per heavy atom. The summed E-state index contributed by atoms with van der Waals surface area (Å²) in [4.78, 5) is 10.7. The quantitative estimate of drug-likeness (QED) is 0.221. The van der Waals surface area contributed by atoms with Crippen molar-refractivity contribution in [3.63, 3.8) is 0 Å². The van der Waals surface area contributed by atoms with Crippen molar-refractivity contribution in [3.8, 4) is 22.6 Å². The molecule has 0 aromatic heterocycles. The molecule has 0 heterocycles. The molecule has 0 unspecified atom stereocenters. The Balaban J connectivity index is 2.00. The Labute approximate surface area is 233 Å². The highest BCUT2D eigenvalue weighted by Crippen LogP contribution is 2.42. The van der Waals surface area contributed by atoms with Crippen molar-refractivity contribution in [2.75, 3.05) is 7.11 Å². The van der Waals surface area contributed by atoms with Crippen molar-refractivity contribution < 1.29 is 24.5 Å². The second-order valence-corrected chi connectivity index (χ2v) is 10.2. The minimum absolute atomic E-state index is 0.0506. The van der Waals surface area contributed by atoms with Crippen LogP contribution in [0.3, 0.4) is 0 Å². The fraction of sp³-hybridized carbons (Fsp3) is 0.382. The molecule has 0 amide bonds. The number of rotatable bonds is 13. The largest absolute Gasteiger partial charge is 0.504 e. The zero-order valence-electron chi connectivity index (χ0n) is 24.1. The topological polar surface area (TPSA) is 76.0 Å². The molecule has 3 rings (SSSR count). The highest BCUT2D eigenvalue weighted by atomic mass is 16.5. The lowest BCUT2D eigenvalue weighted by atomic mass is 9.70. The van der Waals surface area contributed by atoms with Crippen LogP contribution in [0.1, 0.15) is 81.2 Å². The molecule has 3 aromatic carbocycles. The van der Waals surface area contributed by atoms with Crippen LogP contribution in [0, 0.1) is 6.92 Å². The van der Waals surface area contributed by atoms with Crippen LogP contribution in [0.15, 0.2) is 60.7 Å². The highest BCUT2D eigenvalue weighted by Gasteiger charge is 2.31. The third-order valence-electron chi connectivity index (χ3n) is 8.25.